The molecule has 0 aliphatic carbocycles. The largest absolute Gasteiger partial charge is 0.328 e. The third kappa shape index (κ3) is 1.81. The van der Waals surface area contributed by atoms with E-state index >= 15 is 0 Å². The number of hydrogen-bond donors (Lipinski definition) is 1. The van der Waals surface area contributed by atoms with E-state index in [4.69, 9.17) is 5.73 Å². The predicted molar refractivity (Wildman–Crippen MR) is 57.9 cm³/mol. The first-order chi connectivity index (χ1) is 6.91. The average molecular weight is 210 g/mol. The number of rotatable bonds is 3. The van der Waals surface area contributed by atoms with Crippen LogP contribution >= 0.6 is 0 Å². The van der Waals surface area contributed by atoms with E-state index < -0.39 is 0 Å². The summed E-state index contributed by atoms with van der Waals surface area (Å²) in [5.74, 6) is -0.204. The molecule has 15 heavy (non-hydrogen) atoms. The van der Waals surface area contributed by atoms with E-state index in [9.17, 15) is 9.59 Å². The molecule has 4 heteroatoms. The lowest BCUT2D eigenvalue weighted by Gasteiger charge is -2.28. The summed E-state index contributed by atoms with van der Waals surface area (Å²) in [6.45, 7) is 7.60. The van der Waals surface area contributed by atoms with Crippen LogP contribution in [-0.4, -0.2) is 29.3 Å². The second-order valence-electron chi connectivity index (χ2n) is 4.28. The van der Waals surface area contributed by atoms with Crippen molar-refractivity contribution < 1.29 is 9.59 Å². The van der Waals surface area contributed by atoms with Gasteiger partial charge >= 0.3 is 0 Å². The molecule has 1 rings (SSSR count). The molecule has 1 heterocycles. The highest BCUT2D eigenvalue weighted by atomic mass is 16.2. The minimum atomic E-state index is -0.197. The molecule has 1 aliphatic rings. The number of carbonyl (C=O) groups is 2. The molecular formula is C11H18N2O2. The molecule has 2 amide bonds. The Labute approximate surface area is 90.1 Å². The zero-order chi connectivity index (χ0) is 11.7. The van der Waals surface area contributed by atoms with Gasteiger partial charge in [-0.15, -0.1) is 0 Å². The normalized spacial score (nSPS) is 19.5. The third-order valence-corrected chi connectivity index (χ3v) is 2.98. The second kappa shape index (κ2) is 4.14. The molecule has 0 radical (unpaired) electrons. The Hall–Kier alpha value is -1.16. The van der Waals surface area contributed by atoms with Crippen LogP contribution in [0, 0.1) is 5.92 Å². The van der Waals surface area contributed by atoms with Gasteiger partial charge in [-0.3, -0.25) is 14.5 Å². The highest BCUT2D eigenvalue weighted by Crippen LogP contribution is 2.24. The summed E-state index contributed by atoms with van der Waals surface area (Å²) >= 11 is 0. The van der Waals surface area contributed by atoms with E-state index in [-0.39, 0.29) is 23.8 Å². The molecule has 0 aromatic heterocycles. The Morgan fingerprint density at radius 1 is 1.13 bits per heavy atom. The van der Waals surface area contributed by atoms with E-state index in [1.54, 1.807) is 13.8 Å². The number of amides is 2. The van der Waals surface area contributed by atoms with Crippen molar-refractivity contribution in [3.63, 3.8) is 0 Å². The Morgan fingerprint density at radius 3 is 1.80 bits per heavy atom. The maximum absolute atomic E-state index is 11.8. The third-order valence-electron chi connectivity index (χ3n) is 2.98. The number of nitrogens with zero attached hydrogens (tertiary/aromatic N) is 1. The number of imide groups is 1. The van der Waals surface area contributed by atoms with Crippen LogP contribution in [0.25, 0.3) is 0 Å². The van der Waals surface area contributed by atoms with Crippen LogP contribution in [0.2, 0.25) is 0 Å². The van der Waals surface area contributed by atoms with Crippen LogP contribution in [0.5, 0.6) is 0 Å². The summed E-state index contributed by atoms with van der Waals surface area (Å²) in [4.78, 5) is 24.9. The Morgan fingerprint density at radius 2 is 1.53 bits per heavy atom. The number of hydrogen-bond acceptors (Lipinski definition) is 3. The highest BCUT2D eigenvalue weighted by Gasteiger charge is 2.38. The van der Waals surface area contributed by atoms with Gasteiger partial charge in [0.1, 0.15) is 0 Å². The SMILES string of the molecule is CC1=C(C)C(=O)N(C(CN)C(C)C)C1=O. The number of carbonyl (C=O) groups excluding carboxylic acids is 2. The molecule has 0 fully saturated rings. The topological polar surface area (TPSA) is 63.4 Å². The van der Waals surface area contributed by atoms with Crippen LogP contribution in [0.15, 0.2) is 11.1 Å². The van der Waals surface area contributed by atoms with Crippen molar-refractivity contribution >= 4 is 11.8 Å². The lowest BCUT2D eigenvalue weighted by atomic mass is 10.0. The first-order valence-corrected chi connectivity index (χ1v) is 5.17. The van der Waals surface area contributed by atoms with Crippen LogP contribution < -0.4 is 5.73 Å². The van der Waals surface area contributed by atoms with E-state index in [0.29, 0.717) is 17.7 Å². The fraction of sp³-hybridized carbons (Fsp3) is 0.636. The van der Waals surface area contributed by atoms with E-state index in [1.807, 2.05) is 13.8 Å². The van der Waals surface area contributed by atoms with Crippen molar-refractivity contribution in [3.8, 4) is 0 Å². The summed E-state index contributed by atoms with van der Waals surface area (Å²) < 4.78 is 0. The highest BCUT2D eigenvalue weighted by molar-refractivity contribution is 6.19. The van der Waals surface area contributed by atoms with Gasteiger partial charge in [0.05, 0.1) is 6.04 Å². The quantitative estimate of drug-likeness (QED) is 0.696. The molecule has 1 unspecified atom stereocenters. The number of nitrogens with two attached hydrogens (primary N) is 1. The maximum atomic E-state index is 11.8. The summed E-state index contributed by atoms with van der Waals surface area (Å²) in [5, 5.41) is 0. The molecule has 0 aromatic rings. The van der Waals surface area contributed by atoms with Crippen molar-refractivity contribution in [1.82, 2.24) is 4.90 Å². The lowest BCUT2D eigenvalue weighted by Crippen LogP contribution is -2.48. The van der Waals surface area contributed by atoms with Crippen LogP contribution in [0.1, 0.15) is 27.7 Å². The molecule has 0 bridgehead atoms. The molecule has 2 N–H and O–H groups in total. The maximum Gasteiger partial charge on any atom is 0.257 e. The van der Waals surface area contributed by atoms with E-state index in [2.05, 4.69) is 0 Å². The average Bonchev–Trinajstić information content (AvgIpc) is 2.36. The van der Waals surface area contributed by atoms with Crippen molar-refractivity contribution in [1.29, 1.82) is 0 Å². The monoisotopic (exact) mass is 210 g/mol. The minimum absolute atomic E-state index is 0.182. The standard InChI is InChI=1S/C11H18N2O2/c1-6(2)9(5-12)13-10(14)7(3)8(4)11(13)15/h6,9H,5,12H2,1-4H3. The van der Waals surface area contributed by atoms with Gasteiger partial charge in [0, 0.05) is 17.7 Å². The van der Waals surface area contributed by atoms with Gasteiger partial charge < -0.3 is 5.73 Å². The zero-order valence-corrected chi connectivity index (χ0v) is 9.70. The zero-order valence-electron chi connectivity index (χ0n) is 9.70. The Bertz CT molecular complexity index is 307. The first kappa shape index (κ1) is 11.9. The van der Waals surface area contributed by atoms with Crippen molar-refractivity contribution in [3.05, 3.63) is 11.1 Å². The van der Waals surface area contributed by atoms with Gasteiger partial charge in [-0.2, -0.15) is 0 Å². The molecule has 1 aliphatic heterocycles. The van der Waals surface area contributed by atoms with Gasteiger partial charge in [0.15, 0.2) is 0 Å². The molecule has 0 spiro atoms. The molecule has 1 atom stereocenters. The van der Waals surface area contributed by atoms with Crippen LogP contribution in [0.4, 0.5) is 0 Å². The molecular weight excluding hydrogens is 192 g/mol. The van der Waals surface area contributed by atoms with Crippen LogP contribution in [-0.2, 0) is 9.59 Å². The summed E-state index contributed by atoms with van der Waals surface area (Å²) in [6.07, 6.45) is 0. The molecule has 0 saturated carbocycles. The van der Waals surface area contributed by atoms with Crippen molar-refractivity contribution in [2.75, 3.05) is 6.54 Å². The fourth-order valence-corrected chi connectivity index (χ4v) is 1.75. The summed E-state index contributed by atoms with van der Waals surface area (Å²) in [5.41, 5.74) is 6.69. The molecule has 0 aromatic carbocycles. The van der Waals surface area contributed by atoms with Crippen molar-refractivity contribution in [2.45, 2.75) is 33.7 Å². The fourth-order valence-electron chi connectivity index (χ4n) is 1.75. The lowest BCUT2D eigenvalue weighted by molar-refractivity contribution is -0.141. The second-order valence-corrected chi connectivity index (χ2v) is 4.28. The molecule has 84 valence electrons. The molecule has 0 saturated heterocycles. The smallest absolute Gasteiger partial charge is 0.257 e. The van der Waals surface area contributed by atoms with E-state index in [1.165, 1.54) is 4.90 Å². The molecule has 4 nitrogen and oxygen atoms in total. The summed E-state index contributed by atoms with van der Waals surface area (Å²) in [6, 6.07) is -0.197. The Balaban J connectivity index is 3.01. The summed E-state index contributed by atoms with van der Waals surface area (Å²) in [7, 11) is 0. The van der Waals surface area contributed by atoms with Gasteiger partial charge in [0.2, 0.25) is 0 Å². The minimum Gasteiger partial charge on any atom is -0.328 e. The van der Waals surface area contributed by atoms with Gasteiger partial charge in [-0.25, -0.2) is 0 Å². The van der Waals surface area contributed by atoms with E-state index in [0.717, 1.165) is 0 Å². The van der Waals surface area contributed by atoms with Gasteiger partial charge in [-0.05, 0) is 19.8 Å². The van der Waals surface area contributed by atoms with Gasteiger partial charge in [-0.1, -0.05) is 13.8 Å². The Kier molecular flexibility index (Phi) is 3.29. The first-order valence-electron chi connectivity index (χ1n) is 5.17. The van der Waals surface area contributed by atoms with Crippen molar-refractivity contribution in [2.24, 2.45) is 11.7 Å². The van der Waals surface area contributed by atoms with Gasteiger partial charge in [0.25, 0.3) is 11.8 Å². The van der Waals surface area contributed by atoms with Crippen LogP contribution in [0.3, 0.4) is 0 Å². The predicted octanol–water partition coefficient (Wildman–Crippen LogP) is 0.675.